The Morgan fingerprint density at radius 2 is 1.44 bits per heavy atom. The molecule has 3 heteroatoms. The van der Waals surface area contributed by atoms with Crippen molar-refractivity contribution in [2.75, 3.05) is 19.0 Å². The van der Waals surface area contributed by atoms with Crippen LogP contribution in [0.3, 0.4) is 0 Å². The lowest BCUT2D eigenvalue weighted by Crippen LogP contribution is -2.40. The Bertz CT molecular complexity index is 460. The Morgan fingerprint density at radius 1 is 0.944 bits per heavy atom. The van der Waals surface area contributed by atoms with Crippen molar-refractivity contribution in [1.82, 2.24) is 4.90 Å². The maximum atomic E-state index is 8.23. The minimum Gasteiger partial charge on any atom is -0.280 e. The topological polar surface area (TPSA) is 33.0 Å². The summed E-state index contributed by atoms with van der Waals surface area (Å²) in [6.45, 7) is 0. The highest BCUT2D eigenvalue weighted by Gasteiger charge is 2.24. The van der Waals surface area contributed by atoms with Crippen LogP contribution in [0.1, 0.15) is 0 Å². The molecule has 0 bridgehead atoms. The second kappa shape index (κ2) is 5.47. The van der Waals surface area contributed by atoms with Crippen molar-refractivity contribution >= 4 is 17.3 Å². The number of benzene rings is 2. The fourth-order valence-corrected chi connectivity index (χ4v) is 1.77. The molecule has 0 aromatic heterocycles. The smallest absolute Gasteiger partial charge is 0.280 e. The SMILES string of the molecule is CN(C(=N)[N+](C)c1ccccc1)c1ccccc1. The third kappa shape index (κ3) is 2.57. The van der Waals surface area contributed by atoms with Crippen molar-refractivity contribution in [2.24, 2.45) is 0 Å². The van der Waals surface area contributed by atoms with E-state index in [2.05, 4.69) is 0 Å². The van der Waals surface area contributed by atoms with Crippen LogP contribution >= 0.6 is 0 Å². The predicted octanol–water partition coefficient (Wildman–Crippen LogP) is 3.16. The Morgan fingerprint density at radius 3 is 2.00 bits per heavy atom. The minimum atomic E-state index is 0.437. The lowest BCUT2D eigenvalue weighted by molar-refractivity contribution is 0.850. The van der Waals surface area contributed by atoms with Crippen LogP contribution in [0.15, 0.2) is 60.7 Å². The highest BCUT2D eigenvalue weighted by atomic mass is 15.3. The average Bonchev–Trinajstić information content (AvgIpc) is 2.47. The standard InChI is InChI=1S/C15H17N3/c1-17(13-9-5-3-6-10-13)15(16)18(2)14-11-7-4-8-12-14/h3-12,16H,1-2H3/q+1. The first-order valence-corrected chi connectivity index (χ1v) is 5.86. The molecule has 1 radical (unpaired) electrons. The second-order valence-corrected chi connectivity index (χ2v) is 4.11. The molecule has 2 rings (SSSR count). The van der Waals surface area contributed by atoms with Crippen molar-refractivity contribution in [3.8, 4) is 0 Å². The third-order valence-electron chi connectivity index (χ3n) is 2.92. The normalized spacial score (nSPS) is 10.4. The van der Waals surface area contributed by atoms with E-state index in [4.69, 9.17) is 5.41 Å². The molecule has 0 aliphatic rings. The van der Waals surface area contributed by atoms with E-state index in [9.17, 15) is 0 Å². The number of hydrogen-bond acceptors (Lipinski definition) is 1. The van der Waals surface area contributed by atoms with E-state index < -0.39 is 0 Å². The first kappa shape index (κ1) is 12.3. The summed E-state index contributed by atoms with van der Waals surface area (Å²) in [6.07, 6.45) is 0. The van der Waals surface area contributed by atoms with Crippen LogP contribution in [-0.2, 0) is 0 Å². The summed E-state index contributed by atoms with van der Waals surface area (Å²) in [5.41, 5.74) is 2.01. The minimum absolute atomic E-state index is 0.437. The molecule has 0 fully saturated rings. The number of nitrogens with one attached hydrogen (secondary N) is 1. The van der Waals surface area contributed by atoms with Crippen LogP contribution in [-0.4, -0.2) is 20.1 Å². The van der Waals surface area contributed by atoms with Crippen LogP contribution in [0.5, 0.6) is 0 Å². The van der Waals surface area contributed by atoms with Crippen LogP contribution in [0.25, 0.3) is 0 Å². The van der Waals surface area contributed by atoms with Gasteiger partial charge in [-0.15, -0.1) is 0 Å². The zero-order chi connectivity index (χ0) is 13.0. The number of guanidine groups is 1. The maximum absolute atomic E-state index is 8.23. The maximum Gasteiger partial charge on any atom is 0.356 e. The predicted molar refractivity (Wildman–Crippen MR) is 76.7 cm³/mol. The van der Waals surface area contributed by atoms with Crippen molar-refractivity contribution in [3.63, 3.8) is 0 Å². The second-order valence-electron chi connectivity index (χ2n) is 4.11. The summed E-state index contributed by atoms with van der Waals surface area (Å²) in [5.74, 6) is 0.437. The molecule has 2 aromatic carbocycles. The zero-order valence-electron chi connectivity index (χ0n) is 10.7. The van der Waals surface area contributed by atoms with Gasteiger partial charge in [-0.3, -0.25) is 4.90 Å². The number of rotatable bonds is 2. The summed E-state index contributed by atoms with van der Waals surface area (Å²) in [5, 5.41) is 8.23. The Kier molecular flexibility index (Phi) is 3.75. The molecule has 0 atom stereocenters. The molecular weight excluding hydrogens is 222 g/mol. The van der Waals surface area contributed by atoms with Gasteiger partial charge in [0.05, 0.1) is 0 Å². The van der Waals surface area contributed by atoms with E-state index >= 15 is 0 Å². The van der Waals surface area contributed by atoms with Gasteiger partial charge in [0.25, 0.3) is 0 Å². The van der Waals surface area contributed by atoms with Gasteiger partial charge < -0.3 is 0 Å². The summed E-state index contributed by atoms with van der Waals surface area (Å²) in [6, 6.07) is 19.8. The zero-order valence-corrected chi connectivity index (χ0v) is 10.7. The lowest BCUT2D eigenvalue weighted by atomic mass is 10.3. The van der Waals surface area contributed by atoms with Gasteiger partial charge in [0, 0.05) is 24.9 Å². The molecule has 0 aliphatic carbocycles. The van der Waals surface area contributed by atoms with Crippen molar-refractivity contribution < 1.29 is 0 Å². The Hall–Kier alpha value is -2.13. The van der Waals surface area contributed by atoms with Gasteiger partial charge in [-0.1, -0.05) is 41.3 Å². The number of para-hydroxylation sites is 2. The van der Waals surface area contributed by atoms with E-state index in [1.807, 2.05) is 84.6 Å². The van der Waals surface area contributed by atoms with E-state index in [-0.39, 0.29) is 0 Å². The molecule has 0 spiro atoms. The average molecular weight is 239 g/mol. The first-order chi connectivity index (χ1) is 8.70. The van der Waals surface area contributed by atoms with Crippen LogP contribution in [0, 0.1) is 5.41 Å². The lowest BCUT2D eigenvalue weighted by Gasteiger charge is -2.18. The summed E-state index contributed by atoms with van der Waals surface area (Å²) in [4.78, 5) is 3.71. The van der Waals surface area contributed by atoms with Crippen LogP contribution in [0.4, 0.5) is 11.4 Å². The van der Waals surface area contributed by atoms with Gasteiger partial charge in [0.1, 0.15) is 7.05 Å². The molecule has 0 heterocycles. The van der Waals surface area contributed by atoms with Gasteiger partial charge in [-0.2, -0.15) is 0 Å². The molecule has 0 saturated heterocycles. The van der Waals surface area contributed by atoms with Crippen LogP contribution < -0.4 is 9.80 Å². The molecule has 3 nitrogen and oxygen atoms in total. The fraction of sp³-hybridized carbons (Fsp3) is 0.133. The van der Waals surface area contributed by atoms with Crippen LogP contribution in [0.2, 0.25) is 0 Å². The summed E-state index contributed by atoms with van der Waals surface area (Å²) in [7, 11) is 3.80. The molecule has 0 amide bonds. The number of anilines is 2. The van der Waals surface area contributed by atoms with Crippen molar-refractivity contribution in [1.29, 1.82) is 5.41 Å². The molecule has 18 heavy (non-hydrogen) atoms. The van der Waals surface area contributed by atoms with E-state index in [1.54, 1.807) is 0 Å². The molecule has 91 valence electrons. The summed E-state index contributed by atoms with van der Waals surface area (Å²) < 4.78 is 0. The molecule has 0 unspecified atom stereocenters. The van der Waals surface area contributed by atoms with Gasteiger partial charge in [0.2, 0.25) is 0 Å². The van der Waals surface area contributed by atoms with E-state index in [0.717, 1.165) is 11.4 Å². The molecule has 2 aromatic rings. The Labute approximate surface area is 108 Å². The van der Waals surface area contributed by atoms with Crippen molar-refractivity contribution in [3.05, 3.63) is 60.7 Å². The number of nitrogens with zero attached hydrogens (tertiary/aromatic N) is 2. The summed E-state index contributed by atoms with van der Waals surface area (Å²) >= 11 is 0. The van der Waals surface area contributed by atoms with Gasteiger partial charge >= 0.3 is 5.96 Å². The van der Waals surface area contributed by atoms with Gasteiger partial charge in [0.15, 0.2) is 5.69 Å². The van der Waals surface area contributed by atoms with E-state index in [1.165, 1.54) is 0 Å². The molecular formula is C15H17N3+. The number of hydrogen-bond donors (Lipinski definition) is 1. The van der Waals surface area contributed by atoms with Gasteiger partial charge in [-0.25, -0.2) is 5.41 Å². The largest absolute Gasteiger partial charge is 0.356 e. The molecule has 1 N–H and O–H groups in total. The molecule has 0 saturated carbocycles. The monoisotopic (exact) mass is 239 g/mol. The highest BCUT2D eigenvalue weighted by molar-refractivity contribution is 5.97. The first-order valence-electron chi connectivity index (χ1n) is 5.86. The Balaban J connectivity index is 2.17. The third-order valence-corrected chi connectivity index (χ3v) is 2.92. The molecule has 0 aliphatic heterocycles. The quantitative estimate of drug-likeness (QED) is 0.487. The van der Waals surface area contributed by atoms with E-state index in [0.29, 0.717) is 5.96 Å². The van der Waals surface area contributed by atoms with Gasteiger partial charge in [-0.05, 0) is 12.1 Å². The van der Waals surface area contributed by atoms with Crippen molar-refractivity contribution in [2.45, 2.75) is 0 Å². The fourth-order valence-electron chi connectivity index (χ4n) is 1.77. The highest BCUT2D eigenvalue weighted by Crippen LogP contribution is 2.16.